The third-order valence-electron chi connectivity index (χ3n) is 11.0. The molecule has 0 aromatic rings. The van der Waals surface area contributed by atoms with Crippen LogP contribution in [0.4, 0.5) is 0 Å². The molecule has 0 aromatic heterocycles. The van der Waals surface area contributed by atoms with E-state index in [4.69, 9.17) is 37.9 Å². The molecule has 0 N–H and O–H groups in total. The number of allylic oxidation sites excluding steroid dienone is 3. The van der Waals surface area contributed by atoms with E-state index in [-0.39, 0.29) is 81.0 Å². The first kappa shape index (κ1) is 72.9. The normalized spacial score (nSPS) is 13.1. The fourth-order valence-electron chi connectivity index (χ4n) is 5.40. The van der Waals surface area contributed by atoms with Crippen LogP contribution >= 0.6 is 0 Å². The van der Waals surface area contributed by atoms with Gasteiger partial charge in [-0.3, -0.25) is 33.6 Å². The Morgan fingerprint density at radius 2 is 0.847 bits per heavy atom. The van der Waals surface area contributed by atoms with Crippen molar-refractivity contribution in [3.8, 4) is 0 Å². The number of ether oxygens (including phenoxy) is 8. The molecule has 0 spiro atoms. The van der Waals surface area contributed by atoms with E-state index in [9.17, 15) is 47.9 Å². The maximum absolute atomic E-state index is 13.2. The third-order valence-corrected chi connectivity index (χ3v) is 11.0. The molecule has 0 radical (unpaired) electrons. The van der Waals surface area contributed by atoms with Crippen LogP contribution in [0.2, 0.25) is 0 Å². The number of methoxy groups -OCH3 is 2. The molecule has 18 nitrogen and oxygen atoms in total. The average molecular weight is 1030 g/mol. The van der Waals surface area contributed by atoms with Crippen molar-refractivity contribution in [3.63, 3.8) is 0 Å². The Kier molecular flexibility index (Phi) is 36.8. The number of hydrogen-bond donors (Lipinski definition) is 0. The highest BCUT2D eigenvalue weighted by atomic mass is 16.6. The van der Waals surface area contributed by atoms with Gasteiger partial charge in [-0.15, -0.1) is 0 Å². The molecule has 0 aliphatic rings. The summed E-state index contributed by atoms with van der Waals surface area (Å²) in [6.45, 7) is 40.3. The van der Waals surface area contributed by atoms with Crippen LogP contribution in [-0.2, 0) is 85.8 Å². The lowest BCUT2D eigenvalue weighted by Gasteiger charge is -2.39. The second-order valence-electron chi connectivity index (χ2n) is 19.2. The summed E-state index contributed by atoms with van der Waals surface area (Å²) in [7, 11) is 3.07. The van der Waals surface area contributed by atoms with Crippen LogP contribution in [0.1, 0.15) is 149 Å². The largest absolute Gasteiger partial charge is 0.463 e. The van der Waals surface area contributed by atoms with Crippen LogP contribution in [0.3, 0.4) is 0 Å². The Hall–Kier alpha value is -5.62. The van der Waals surface area contributed by atoms with Crippen LogP contribution in [0.5, 0.6) is 0 Å². The van der Waals surface area contributed by atoms with Gasteiger partial charge in [0.1, 0.15) is 25.6 Å². The van der Waals surface area contributed by atoms with Gasteiger partial charge in [0.15, 0.2) is 29.6 Å². The van der Waals surface area contributed by atoms with E-state index < -0.39 is 69.7 Å². The van der Waals surface area contributed by atoms with Crippen LogP contribution in [0.15, 0.2) is 48.6 Å². The average Bonchev–Trinajstić information content (AvgIpc) is 3.29. The molecule has 0 fully saturated rings. The van der Waals surface area contributed by atoms with Crippen molar-refractivity contribution in [1.82, 2.24) is 0 Å². The maximum Gasteiger partial charge on any atom is 0.347 e. The summed E-state index contributed by atoms with van der Waals surface area (Å²) >= 11 is 0. The van der Waals surface area contributed by atoms with E-state index in [1.807, 2.05) is 13.8 Å². The molecule has 0 bridgehead atoms. The van der Waals surface area contributed by atoms with E-state index in [0.717, 1.165) is 0 Å². The fourth-order valence-corrected chi connectivity index (χ4v) is 5.40. The molecule has 412 valence electrons. The first-order valence-electron chi connectivity index (χ1n) is 23.7. The van der Waals surface area contributed by atoms with Crippen LogP contribution in [-0.4, -0.2) is 125 Å². The summed E-state index contributed by atoms with van der Waals surface area (Å²) < 4.78 is 40.3. The lowest BCUT2D eigenvalue weighted by molar-refractivity contribution is -0.174. The van der Waals surface area contributed by atoms with E-state index in [2.05, 4.69) is 26.3 Å². The minimum absolute atomic E-state index is 0.0494. The summed E-state index contributed by atoms with van der Waals surface area (Å²) in [5.41, 5.74) is -1.96. The standard InChI is InChI=1S/C29H50O10.C13H18O5.C7H12O2.C5H8O/c1-12-26(5,6)24(33)39-20(3)22(31)36-16-17-37-23(32)27(7,8)18-29(10,25(34)38-15-14-35-11)19-28(9,13-2)21(4)30;1-8(2)11(14)6-7-17-13(16)10(5)18-12(15)9(3)4;1-6(2)7(8)4-5-9-3;1-4(2)5(3)6/h20H,12-19H2,1-11H3;10H,1,3,6-7H2,2,4-5H3;1,4-5H2,2-3H3;1H2,2-3H3. The maximum atomic E-state index is 13.2. The van der Waals surface area contributed by atoms with E-state index >= 15 is 0 Å². The Bertz CT molecular complexity index is 1880. The van der Waals surface area contributed by atoms with Gasteiger partial charge in [-0.25, -0.2) is 14.4 Å². The Morgan fingerprint density at radius 3 is 1.24 bits per heavy atom. The Balaban J connectivity index is -0.000000567. The fraction of sp³-hybridized carbons (Fsp3) is 0.667. The number of Topliss-reactive ketones (excluding diaryl/α,β-unsaturated/α-hetero) is 4. The van der Waals surface area contributed by atoms with Crippen LogP contribution < -0.4 is 0 Å². The minimum atomic E-state index is -1.16. The molecule has 0 amide bonds. The summed E-state index contributed by atoms with van der Waals surface area (Å²) in [6, 6.07) is 0. The van der Waals surface area contributed by atoms with Gasteiger partial charge < -0.3 is 37.9 Å². The van der Waals surface area contributed by atoms with Crippen molar-refractivity contribution in [1.29, 1.82) is 0 Å². The molecule has 18 heteroatoms. The second kappa shape index (κ2) is 36.3. The zero-order valence-corrected chi connectivity index (χ0v) is 46.8. The minimum Gasteiger partial charge on any atom is -0.463 e. The van der Waals surface area contributed by atoms with Crippen molar-refractivity contribution in [2.24, 2.45) is 21.7 Å². The number of carbonyl (C=O) groups excluding carboxylic acids is 10. The first-order chi connectivity index (χ1) is 32.9. The Morgan fingerprint density at radius 1 is 0.444 bits per heavy atom. The number of carbonyl (C=O) groups is 10. The third kappa shape index (κ3) is 31.7. The summed E-state index contributed by atoms with van der Waals surface area (Å²) in [4.78, 5) is 117. The number of ketones is 4. The number of rotatable bonds is 30. The molecule has 0 aliphatic carbocycles. The second-order valence-corrected chi connectivity index (χ2v) is 19.2. The van der Waals surface area contributed by atoms with Crippen molar-refractivity contribution in [2.45, 2.75) is 162 Å². The zero-order chi connectivity index (χ0) is 57.4. The van der Waals surface area contributed by atoms with Crippen LogP contribution in [0.25, 0.3) is 0 Å². The smallest absolute Gasteiger partial charge is 0.347 e. The molecular weight excluding hydrogens is 937 g/mol. The highest BCUT2D eigenvalue weighted by molar-refractivity contribution is 5.95. The summed E-state index contributed by atoms with van der Waals surface area (Å²) in [6.07, 6.45) is -0.277. The van der Waals surface area contributed by atoms with Crippen molar-refractivity contribution < 1.29 is 85.8 Å². The van der Waals surface area contributed by atoms with E-state index in [1.165, 1.54) is 41.7 Å². The molecule has 0 rings (SSSR count). The van der Waals surface area contributed by atoms with Gasteiger partial charge in [0, 0.05) is 38.0 Å². The van der Waals surface area contributed by atoms with Gasteiger partial charge >= 0.3 is 35.8 Å². The number of esters is 6. The van der Waals surface area contributed by atoms with Gasteiger partial charge in [0.05, 0.1) is 36.1 Å². The van der Waals surface area contributed by atoms with Crippen LogP contribution in [0, 0.1) is 21.7 Å². The molecule has 4 atom stereocenters. The monoisotopic (exact) mass is 1020 g/mol. The highest BCUT2D eigenvalue weighted by Crippen LogP contribution is 2.45. The molecule has 0 aromatic carbocycles. The predicted molar refractivity (Wildman–Crippen MR) is 272 cm³/mol. The summed E-state index contributed by atoms with van der Waals surface area (Å²) in [5.74, 6) is -3.81. The molecular formula is C54H88O18. The Labute approximate surface area is 429 Å². The highest BCUT2D eigenvalue weighted by Gasteiger charge is 2.48. The first-order valence-corrected chi connectivity index (χ1v) is 23.7. The van der Waals surface area contributed by atoms with Crippen molar-refractivity contribution in [3.05, 3.63) is 48.6 Å². The van der Waals surface area contributed by atoms with Crippen molar-refractivity contribution >= 4 is 58.9 Å². The van der Waals surface area contributed by atoms with E-state index in [0.29, 0.717) is 42.6 Å². The van der Waals surface area contributed by atoms with Gasteiger partial charge in [-0.1, -0.05) is 47.1 Å². The molecule has 0 saturated heterocycles. The topological polar surface area (TPSA) is 245 Å². The molecule has 4 unspecified atom stereocenters. The van der Waals surface area contributed by atoms with E-state index in [1.54, 1.807) is 69.4 Å². The quantitative estimate of drug-likeness (QED) is 0.0284. The van der Waals surface area contributed by atoms with Gasteiger partial charge in [0.25, 0.3) is 0 Å². The lowest BCUT2D eigenvalue weighted by Crippen LogP contribution is -2.44. The summed E-state index contributed by atoms with van der Waals surface area (Å²) in [5, 5.41) is 0. The predicted octanol–water partition coefficient (Wildman–Crippen LogP) is 8.34. The van der Waals surface area contributed by atoms with Crippen molar-refractivity contribution in [2.75, 3.05) is 53.9 Å². The lowest BCUT2D eigenvalue weighted by atomic mass is 9.64. The molecule has 0 aliphatic heterocycles. The molecule has 0 saturated carbocycles. The number of hydrogen-bond acceptors (Lipinski definition) is 18. The molecule has 0 heterocycles. The van der Waals surface area contributed by atoms with Gasteiger partial charge in [0.2, 0.25) is 0 Å². The van der Waals surface area contributed by atoms with Gasteiger partial charge in [-0.05, 0) is 132 Å². The zero-order valence-electron chi connectivity index (χ0n) is 46.8. The molecule has 72 heavy (non-hydrogen) atoms. The SMILES string of the molecule is C=C(C)C(=O)CCOC.C=C(C)C(=O)CCOC(=O)C(C)OC(=O)C(=C)C.C=C(C)C(C)=O.CCC(C)(C)C(=O)OC(C)C(=O)OCCOC(=O)C(C)(C)CC(C)(CC(C)(CC)C(C)=O)C(=O)OCCOC. The van der Waals surface area contributed by atoms with Gasteiger partial charge in [-0.2, -0.15) is 0 Å².